The van der Waals surface area contributed by atoms with E-state index >= 15 is 0 Å². The summed E-state index contributed by atoms with van der Waals surface area (Å²) in [6.45, 7) is 2.18. The minimum absolute atomic E-state index is 0.0155. The van der Waals surface area contributed by atoms with E-state index in [9.17, 15) is 15.0 Å². The summed E-state index contributed by atoms with van der Waals surface area (Å²) in [7, 11) is 1.72. The standard InChI is InChI=1S/C21H37NO4/c1-3-4-7-10-16(26-2)13-14-18-17(19(23)15-20(18)24)11-8-5-6-9-12-21(22)25/h5,8,13-14,16-20,23-24H,3-4,6-7,9-12,15H2,1-2H3,(H2,22,25). The molecule has 1 aliphatic carbocycles. The van der Waals surface area contributed by atoms with E-state index in [0.29, 0.717) is 12.8 Å². The van der Waals surface area contributed by atoms with Gasteiger partial charge in [-0.15, -0.1) is 0 Å². The van der Waals surface area contributed by atoms with Gasteiger partial charge in [0.2, 0.25) is 5.91 Å². The van der Waals surface area contributed by atoms with Crippen LogP contribution in [-0.4, -0.2) is 41.5 Å². The number of carbonyl (C=O) groups excluding carboxylic acids is 1. The van der Waals surface area contributed by atoms with Gasteiger partial charge in [0.05, 0.1) is 18.3 Å². The lowest BCUT2D eigenvalue weighted by Gasteiger charge is -2.20. The second kappa shape index (κ2) is 13.1. The Morgan fingerprint density at radius 2 is 2.00 bits per heavy atom. The first-order valence-corrected chi connectivity index (χ1v) is 10.00. The van der Waals surface area contributed by atoms with Crippen LogP contribution in [-0.2, 0) is 9.53 Å². The lowest BCUT2D eigenvalue weighted by molar-refractivity contribution is -0.118. The number of carbonyl (C=O) groups is 1. The number of methoxy groups -OCH3 is 1. The van der Waals surface area contributed by atoms with Crippen molar-refractivity contribution in [2.24, 2.45) is 17.6 Å². The minimum Gasteiger partial charge on any atom is -0.393 e. The van der Waals surface area contributed by atoms with Crippen LogP contribution in [0.3, 0.4) is 0 Å². The molecule has 5 atom stereocenters. The molecular formula is C21H37NO4. The molecule has 1 amide bonds. The van der Waals surface area contributed by atoms with Gasteiger partial charge in [-0.25, -0.2) is 0 Å². The summed E-state index contributed by atoms with van der Waals surface area (Å²) in [5.74, 6) is -0.310. The number of hydrogen-bond donors (Lipinski definition) is 3. The number of primary amides is 1. The summed E-state index contributed by atoms with van der Waals surface area (Å²) in [5.41, 5.74) is 5.12. The topological polar surface area (TPSA) is 92.8 Å². The van der Waals surface area contributed by atoms with Crippen molar-refractivity contribution >= 4 is 5.91 Å². The fourth-order valence-corrected chi connectivity index (χ4v) is 3.61. The second-order valence-electron chi connectivity index (χ2n) is 7.33. The molecule has 5 heteroatoms. The number of ether oxygens (including phenoxy) is 1. The molecule has 5 nitrogen and oxygen atoms in total. The molecule has 0 heterocycles. The zero-order valence-corrected chi connectivity index (χ0v) is 16.3. The zero-order valence-electron chi connectivity index (χ0n) is 16.3. The number of nitrogens with two attached hydrogens (primary N) is 1. The summed E-state index contributed by atoms with van der Waals surface area (Å²) >= 11 is 0. The molecule has 0 radical (unpaired) electrons. The number of hydrogen-bond acceptors (Lipinski definition) is 4. The fourth-order valence-electron chi connectivity index (χ4n) is 3.61. The van der Waals surface area contributed by atoms with Gasteiger partial charge in [0, 0.05) is 25.9 Å². The van der Waals surface area contributed by atoms with Crippen molar-refractivity contribution in [1.82, 2.24) is 0 Å². The van der Waals surface area contributed by atoms with Gasteiger partial charge in [-0.1, -0.05) is 50.5 Å². The zero-order chi connectivity index (χ0) is 19.4. The Labute approximate surface area is 158 Å². The number of rotatable bonds is 13. The molecule has 4 N–H and O–H groups in total. The fraction of sp³-hybridized carbons (Fsp3) is 0.762. The normalized spacial score (nSPS) is 27.5. The summed E-state index contributed by atoms with van der Waals surface area (Å²) in [5, 5.41) is 20.6. The second-order valence-corrected chi connectivity index (χ2v) is 7.33. The first-order chi connectivity index (χ1) is 12.5. The van der Waals surface area contributed by atoms with Crippen LogP contribution in [0.2, 0.25) is 0 Å². The molecule has 0 saturated heterocycles. The quantitative estimate of drug-likeness (QED) is 0.344. The Bertz CT molecular complexity index is 449. The lowest BCUT2D eigenvalue weighted by Crippen LogP contribution is -2.20. The monoisotopic (exact) mass is 367 g/mol. The first-order valence-electron chi connectivity index (χ1n) is 10.00. The van der Waals surface area contributed by atoms with Gasteiger partial charge in [-0.05, 0) is 31.6 Å². The largest absolute Gasteiger partial charge is 0.393 e. The first kappa shape index (κ1) is 22.9. The average molecular weight is 368 g/mol. The van der Waals surface area contributed by atoms with Crippen LogP contribution in [0.5, 0.6) is 0 Å². The van der Waals surface area contributed by atoms with Gasteiger partial charge in [-0.3, -0.25) is 4.79 Å². The molecule has 0 spiro atoms. The van der Waals surface area contributed by atoms with Crippen molar-refractivity contribution in [3.8, 4) is 0 Å². The van der Waals surface area contributed by atoms with Gasteiger partial charge in [0.25, 0.3) is 0 Å². The Balaban J connectivity index is 2.53. The number of unbranched alkanes of at least 4 members (excludes halogenated alkanes) is 3. The number of aliphatic hydroxyl groups is 2. The number of aliphatic hydroxyl groups excluding tert-OH is 2. The molecule has 0 aliphatic heterocycles. The SMILES string of the molecule is CCCCCC(C=CC1C(O)CC(O)C1CC=CCCCC(N)=O)OC. The molecule has 0 aromatic rings. The molecule has 1 fully saturated rings. The van der Waals surface area contributed by atoms with Gasteiger partial charge >= 0.3 is 0 Å². The van der Waals surface area contributed by atoms with Crippen molar-refractivity contribution in [3.05, 3.63) is 24.3 Å². The van der Waals surface area contributed by atoms with Crippen LogP contribution in [0.1, 0.15) is 64.7 Å². The maximum Gasteiger partial charge on any atom is 0.217 e. The summed E-state index contributed by atoms with van der Waals surface area (Å²) in [6.07, 6.45) is 14.8. The van der Waals surface area contributed by atoms with Crippen molar-refractivity contribution in [2.75, 3.05) is 7.11 Å². The highest BCUT2D eigenvalue weighted by atomic mass is 16.5. The highest BCUT2D eigenvalue weighted by Crippen LogP contribution is 2.36. The average Bonchev–Trinajstić information content (AvgIpc) is 2.87. The lowest BCUT2D eigenvalue weighted by atomic mass is 9.89. The van der Waals surface area contributed by atoms with E-state index in [1.807, 2.05) is 24.3 Å². The Kier molecular flexibility index (Phi) is 11.5. The van der Waals surface area contributed by atoms with E-state index in [1.165, 1.54) is 12.8 Å². The summed E-state index contributed by atoms with van der Waals surface area (Å²) in [6, 6.07) is 0. The molecule has 1 rings (SSSR count). The Morgan fingerprint density at radius 1 is 1.23 bits per heavy atom. The maximum absolute atomic E-state index is 10.7. The number of amides is 1. The van der Waals surface area contributed by atoms with Gasteiger partial charge < -0.3 is 20.7 Å². The molecule has 1 saturated carbocycles. The third-order valence-corrected chi connectivity index (χ3v) is 5.23. The molecule has 5 unspecified atom stereocenters. The van der Waals surface area contributed by atoms with Crippen LogP contribution in [0.4, 0.5) is 0 Å². The van der Waals surface area contributed by atoms with Crippen molar-refractivity contribution in [1.29, 1.82) is 0 Å². The molecule has 1 aliphatic rings. The van der Waals surface area contributed by atoms with Gasteiger partial charge in [0.15, 0.2) is 0 Å². The summed E-state index contributed by atoms with van der Waals surface area (Å²) in [4.78, 5) is 10.7. The van der Waals surface area contributed by atoms with Crippen LogP contribution >= 0.6 is 0 Å². The Hall–Kier alpha value is -1.17. The minimum atomic E-state index is -0.511. The highest BCUT2D eigenvalue weighted by Gasteiger charge is 2.39. The van der Waals surface area contributed by atoms with Crippen molar-refractivity contribution in [3.63, 3.8) is 0 Å². The predicted molar refractivity (Wildman–Crippen MR) is 104 cm³/mol. The predicted octanol–water partition coefficient (Wildman–Crippen LogP) is 3.10. The van der Waals surface area contributed by atoms with E-state index in [4.69, 9.17) is 10.5 Å². The van der Waals surface area contributed by atoms with Crippen molar-refractivity contribution in [2.45, 2.75) is 83.0 Å². The van der Waals surface area contributed by atoms with Crippen LogP contribution in [0, 0.1) is 11.8 Å². The Morgan fingerprint density at radius 3 is 2.65 bits per heavy atom. The molecular weight excluding hydrogens is 330 g/mol. The van der Waals surface area contributed by atoms with Gasteiger partial charge in [0.1, 0.15) is 0 Å². The third-order valence-electron chi connectivity index (χ3n) is 5.23. The van der Waals surface area contributed by atoms with E-state index in [2.05, 4.69) is 6.92 Å². The van der Waals surface area contributed by atoms with Crippen LogP contribution < -0.4 is 5.73 Å². The smallest absolute Gasteiger partial charge is 0.217 e. The summed E-state index contributed by atoms with van der Waals surface area (Å²) < 4.78 is 5.52. The number of allylic oxidation sites excluding steroid dienone is 2. The molecule has 26 heavy (non-hydrogen) atoms. The highest BCUT2D eigenvalue weighted by molar-refractivity contribution is 5.73. The van der Waals surface area contributed by atoms with E-state index < -0.39 is 12.2 Å². The van der Waals surface area contributed by atoms with Crippen LogP contribution in [0.15, 0.2) is 24.3 Å². The van der Waals surface area contributed by atoms with E-state index in [-0.39, 0.29) is 23.8 Å². The molecule has 0 bridgehead atoms. The van der Waals surface area contributed by atoms with Gasteiger partial charge in [-0.2, -0.15) is 0 Å². The molecule has 0 aromatic carbocycles. The maximum atomic E-state index is 10.7. The van der Waals surface area contributed by atoms with E-state index in [0.717, 1.165) is 32.1 Å². The van der Waals surface area contributed by atoms with Crippen LogP contribution in [0.25, 0.3) is 0 Å². The molecule has 150 valence electrons. The van der Waals surface area contributed by atoms with E-state index in [1.54, 1.807) is 7.11 Å². The molecule has 0 aromatic heterocycles. The third kappa shape index (κ3) is 8.47. The van der Waals surface area contributed by atoms with Crippen molar-refractivity contribution < 1.29 is 19.7 Å².